The third kappa shape index (κ3) is 3.14. The Bertz CT molecular complexity index is 1020. The van der Waals surface area contributed by atoms with Crippen molar-refractivity contribution in [2.24, 2.45) is 0 Å². The van der Waals surface area contributed by atoms with Gasteiger partial charge in [0.05, 0.1) is 22.2 Å². The molecule has 0 aliphatic heterocycles. The van der Waals surface area contributed by atoms with Crippen LogP contribution in [0, 0.1) is 0 Å². The quantitative estimate of drug-likeness (QED) is 0.609. The molecule has 1 heterocycles. The molecule has 1 atom stereocenters. The Morgan fingerprint density at radius 2 is 1.81 bits per heavy atom. The van der Waals surface area contributed by atoms with E-state index in [2.05, 4.69) is 11.6 Å². The highest BCUT2D eigenvalue weighted by Crippen LogP contribution is 2.34. The number of hydrogen-bond donors (Lipinski definition) is 0. The van der Waals surface area contributed by atoms with Crippen LogP contribution in [-0.4, -0.2) is 9.55 Å². The topological polar surface area (TPSA) is 34.9 Å². The van der Waals surface area contributed by atoms with E-state index in [-0.39, 0.29) is 22.8 Å². The standard InChI is InChI=1S/C20H17F3N2O/c1-3-8-13(2)18-24-16-11-6-4-9-14(16)19(26)25(18)17-12-7-5-10-15(17)20(21,22)23/h3-7,9-13H,1,8H2,2H3/t13-/m1/s1. The van der Waals surface area contributed by atoms with Crippen molar-refractivity contribution in [1.82, 2.24) is 9.55 Å². The second-order valence-corrected chi connectivity index (χ2v) is 6.07. The molecule has 0 saturated heterocycles. The first kappa shape index (κ1) is 17.9. The molecule has 0 radical (unpaired) electrons. The molecule has 3 nitrogen and oxygen atoms in total. The van der Waals surface area contributed by atoms with Crippen LogP contribution in [0.5, 0.6) is 0 Å². The number of rotatable bonds is 4. The molecule has 0 bridgehead atoms. The van der Waals surface area contributed by atoms with Crippen molar-refractivity contribution < 1.29 is 13.2 Å². The number of benzene rings is 2. The Balaban J connectivity index is 2.42. The number of halogens is 3. The third-order valence-corrected chi connectivity index (χ3v) is 4.21. The van der Waals surface area contributed by atoms with Crippen LogP contribution in [0.3, 0.4) is 0 Å². The molecule has 1 aromatic heterocycles. The Morgan fingerprint density at radius 3 is 2.50 bits per heavy atom. The van der Waals surface area contributed by atoms with E-state index in [1.165, 1.54) is 18.2 Å². The number of fused-ring (bicyclic) bond motifs is 1. The van der Waals surface area contributed by atoms with Gasteiger partial charge < -0.3 is 0 Å². The lowest BCUT2D eigenvalue weighted by Gasteiger charge is -2.20. The van der Waals surface area contributed by atoms with Gasteiger partial charge in [-0.15, -0.1) is 6.58 Å². The number of hydrogen-bond acceptors (Lipinski definition) is 2. The van der Waals surface area contributed by atoms with Crippen molar-refractivity contribution >= 4 is 10.9 Å². The average molecular weight is 358 g/mol. The summed E-state index contributed by atoms with van der Waals surface area (Å²) >= 11 is 0. The molecule has 0 fully saturated rings. The molecule has 0 aliphatic rings. The van der Waals surface area contributed by atoms with Crippen LogP contribution in [0.4, 0.5) is 13.2 Å². The fourth-order valence-electron chi connectivity index (χ4n) is 2.98. The fourth-order valence-corrected chi connectivity index (χ4v) is 2.98. The summed E-state index contributed by atoms with van der Waals surface area (Å²) in [5.74, 6) is 0.0106. The molecule has 3 aromatic rings. The monoisotopic (exact) mass is 358 g/mol. The molecule has 0 spiro atoms. The molecular weight excluding hydrogens is 341 g/mol. The van der Waals surface area contributed by atoms with E-state index in [0.717, 1.165) is 10.6 Å². The van der Waals surface area contributed by atoms with E-state index in [0.29, 0.717) is 11.9 Å². The minimum Gasteiger partial charge on any atom is -0.268 e. The van der Waals surface area contributed by atoms with Gasteiger partial charge in [0, 0.05) is 5.92 Å². The van der Waals surface area contributed by atoms with E-state index >= 15 is 0 Å². The average Bonchev–Trinajstić information content (AvgIpc) is 2.61. The Kier molecular flexibility index (Phi) is 4.68. The Hall–Kier alpha value is -2.89. The summed E-state index contributed by atoms with van der Waals surface area (Å²) in [4.78, 5) is 17.6. The van der Waals surface area contributed by atoms with Gasteiger partial charge in [-0.05, 0) is 30.7 Å². The van der Waals surface area contributed by atoms with Crippen LogP contribution in [0.1, 0.15) is 30.7 Å². The van der Waals surface area contributed by atoms with Gasteiger partial charge >= 0.3 is 6.18 Å². The van der Waals surface area contributed by atoms with Crippen LogP contribution >= 0.6 is 0 Å². The van der Waals surface area contributed by atoms with E-state index in [4.69, 9.17) is 0 Å². The molecule has 3 rings (SSSR count). The van der Waals surface area contributed by atoms with E-state index < -0.39 is 17.3 Å². The molecule has 0 saturated carbocycles. The summed E-state index contributed by atoms with van der Waals surface area (Å²) in [5, 5.41) is 0.277. The van der Waals surface area contributed by atoms with E-state index in [1.807, 2.05) is 6.92 Å². The first-order chi connectivity index (χ1) is 12.3. The zero-order chi connectivity index (χ0) is 18.9. The maximum atomic E-state index is 13.5. The lowest BCUT2D eigenvalue weighted by Crippen LogP contribution is -2.27. The van der Waals surface area contributed by atoms with Gasteiger partial charge in [-0.1, -0.05) is 37.3 Å². The number of aromatic nitrogens is 2. The first-order valence-electron chi connectivity index (χ1n) is 8.13. The molecule has 134 valence electrons. The second kappa shape index (κ2) is 6.78. The summed E-state index contributed by atoms with van der Waals surface area (Å²) in [7, 11) is 0. The molecule has 0 N–H and O–H groups in total. The van der Waals surface area contributed by atoms with Gasteiger partial charge in [-0.25, -0.2) is 4.98 Å². The molecular formula is C20H17F3N2O. The predicted molar refractivity (Wildman–Crippen MR) is 95.6 cm³/mol. The minimum absolute atomic E-state index is 0.214. The van der Waals surface area contributed by atoms with Crippen LogP contribution in [-0.2, 0) is 6.18 Å². The van der Waals surface area contributed by atoms with Crippen molar-refractivity contribution in [2.45, 2.75) is 25.4 Å². The van der Waals surface area contributed by atoms with Crippen molar-refractivity contribution in [3.05, 3.63) is 82.9 Å². The third-order valence-electron chi connectivity index (χ3n) is 4.21. The maximum Gasteiger partial charge on any atom is 0.418 e. The Morgan fingerprint density at radius 1 is 1.15 bits per heavy atom. The van der Waals surface area contributed by atoms with Crippen LogP contribution in [0.2, 0.25) is 0 Å². The van der Waals surface area contributed by atoms with Gasteiger partial charge in [0.25, 0.3) is 5.56 Å². The smallest absolute Gasteiger partial charge is 0.268 e. The fraction of sp³-hybridized carbons (Fsp3) is 0.200. The van der Waals surface area contributed by atoms with Gasteiger partial charge in [0.2, 0.25) is 0 Å². The zero-order valence-electron chi connectivity index (χ0n) is 14.1. The largest absolute Gasteiger partial charge is 0.418 e. The van der Waals surface area contributed by atoms with Crippen molar-refractivity contribution in [3.63, 3.8) is 0 Å². The number of para-hydroxylation sites is 2. The lowest BCUT2D eigenvalue weighted by atomic mass is 10.0. The van der Waals surface area contributed by atoms with E-state index in [9.17, 15) is 18.0 Å². The summed E-state index contributed by atoms with van der Waals surface area (Å²) < 4.78 is 41.6. The zero-order valence-corrected chi connectivity index (χ0v) is 14.1. The van der Waals surface area contributed by atoms with Crippen molar-refractivity contribution in [3.8, 4) is 5.69 Å². The highest BCUT2D eigenvalue weighted by molar-refractivity contribution is 5.78. The molecule has 26 heavy (non-hydrogen) atoms. The van der Waals surface area contributed by atoms with Gasteiger partial charge in [-0.2, -0.15) is 13.2 Å². The maximum absolute atomic E-state index is 13.5. The molecule has 0 unspecified atom stereocenters. The highest BCUT2D eigenvalue weighted by Gasteiger charge is 2.34. The number of alkyl halides is 3. The first-order valence-corrected chi connectivity index (χ1v) is 8.13. The normalized spacial score (nSPS) is 12.9. The van der Waals surface area contributed by atoms with Gasteiger partial charge in [0.1, 0.15) is 5.82 Å². The predicted octanol–water partition coefficient (Wildman–Crippen LogP) is 5.08. The molecule has 2 aromatic carbocycles. The summed E-state index contributed by atoms with van der Waals surface area (Å²) in [6.07, 6.45) is -2.44. The van der Waals surface area contributed by atoms with Gasteiger partial charge in [-0.3, -0.25) is 9.36 Å². The molecule has 0 amide bonds. The Labute approximate surface area is 148 Å². The second-order valence-electron chi connectivity index (χ2n) is 6.07. The SMILES string of the molecule is C=CC[C@@H](C)c1nc2ccccc2c(=O)n1-c1ccccc1C(F)(F)F. The summed E-state index contributed by atoms with van der Waals surface area (Å²) in [6, 6.07) is 11.7. The number of allylic oxidation sites excluding steroid dienone is 1. The van der Waals surface area contributed by atoms with E-state index in [1.54, 1.807) is 30.3 Å². The van der Waals surface area contributed by atoms with Crippen LogP contribution in [0.15, 0.2) is 66.0 Å². The van der Waals surface area contributed by atoms with Gasteiger partial charge in [0.15, 0.2) is 0 Å². The van der Waals surface area contributed by atoms with Crippen molar-refractivity contribution in [1.29, 1.82) is 0 Å². The summed E-state index contributed by atoms with van der Waals surface area (Å²) in [6.45, 7) is 5.49. The molecule has 6 heteroatoms. The van der Waals surface area contributed by atoms with Crippen LogP contribution < -0.4 is 5.56 Å². The summed E-state index contributed by atoms with van der Waals surface area (Å²) in [5.41, 5.74) is -1.14. The highest BCUT2D eigenvalue weighted by atomic mass is 19.4. The molecule has 0 aliphatic carbocycles. The minimum atomic E-state index is -4.58. The number of nitrogens with zero attached hydrogens (tertiary/aromatic N) is 2. The lowest BCUT2D eigenvalue weighted by molar-refractivity contribution is -0.137. The van der Waals surface area contributed by atoms with Crippen LogP contribution in [0.25, 0.3) is 16.6 Å². The van der Waals surface area contributed by atoms with Crippen molar-refractivity contribution in [2.75, 3.05) is 0 Å².